The highest BCUT2D eigenvalue weighted by Gasteiger charge is 2.25. The Hall–Kier alpha value is -3.03. The summed E-state index contributed by atoms with van der Waals surface area (Å²) in [7, 11) is 0. The summed E-state index contributed by atoms with van der Waals surface area (Å²) in [4.78, 5) is 36.2. The van der Waals surface area contributed by atoms with Crippen LogP contribution in [0.5, 0.6) is 5.75 Å². The third-order valence-electron chi connectivity index (χ3n) is 3.74. The molecule has 0 fully saturated rings. The van der Waals surface area contributed by atoms with Crippen LogP contribution in [-0.4, -0.2) is 48.5 Å². The molecule has 0 heterocycles. The maximum absolute atomic E-state index is 12.3. The molecule has 1 amide bonds. The van der Waals surface area contributed by atoms with E-state index in [9.17, 15) is 14.4 Å². The monoisotopic (exact) mass is 449 g/mol. The SMILES string of the molecule is C=CCOC(=O)[C@H](CCc1ccc(OCC(=O)OC(C)(C)C)cc1)NC(=O)OC(C)(C)C. The number of hydrogen-bond acceptors (Lipinski definition) is 7. The summed E-state index contributed by atoms with van der Waals surface area (Å²) in [5, 5.41) is 2.57. The lowest BCUT2D eigenvalue weighted by Crippen LogP contribution is -2.44. The predicted molar refractivity (Wildman–Crippen MR) is 120 cm³/mol. The molecule has 1 atom stereocenters. The Morgan fingerprint density at radius 1 is 1.00 bits per heavy atom. The van der Waals surface area contributed by atoms with Crippen molar-refractivity contribution in [2.24, 2.45) is 0 Å². The van der Waals surface area contributed by atoms with Crippen LogP contribution < -0.4 is 10.1 Å². The van der Waals surface area contributed by atoms with Gasteiger partial charge in [-0.1, -0.05) is 24.8 Å². The number of amides is 1. The number of carbonyl (C=O) groups excluding carboxylic acids is 3. The fraction of sp³-hybridized carbons (Fsp3) is 0.542. The molecule has 1 aromatic carbocycles. The van der Waals surface area contributed by atoms with Gasteiger partial charge in [0.1, 0.15) is 29.6 Å². The zero-order valence-electron chi connectivity index (χ0n) is 19.9. The van der Waals surface area contributed by atoms with Crippen molar-refractivity contribution in [1.82, 2.24) is 5.32 Å². The molecule has 0 aromatic heterocycles. The molecule has 0 saturated carbocycles. The Morgan fingerprint density at radius 3 is 2.12 bits per heavy atom. The van der Waals surface area contributed by atoms with Crippen LogP contribution in [0.15, 0.2) is 36.9 Å². The van der Waals surface area contributed by atoms with Gasteiger partial charge in [-0.15, -0.1) is 0 Å². The predicted octanol–water partition coefficient (Wildman–Crippen LogP) is 3.96. The first-order valence-electron chi connectivity index (χ1n) is 10.5. The zero-order chi connectivity index (χ0) is 24.4. The number of aryl methyl sites for hydroxylation is 1. The molecule has 0 aliphatic carbocycles. The minimum absolute atomic E-state index is 0.0506. The molecule has 1 aromatic rings. The van der Waals surface area contributed by atoms with E-state index < -0.39 is 35.3 Å². The highest BCUT2D eigenvalue weighted by Crippen LogP contribution is 2.16. The van der Waals surface area contributed by atoms with Gasteiger partial charge in [-0.05, 0) is 72.1 Å². The number of alkyl carbamates (subject to hydrolysis) is 1. The molecule has 0 aliphatic heterocycles. The topological polar surface area (TPSA) is 100 Å². The lowest BCUT2D eigenvalue weighted by atomic mass is 10.1. The van der Waals surface area contributed by atoms with Gasteiger partial charge in [0.2, 0.25) is 0 Å². The summed E-state index contributed by atoms with van der Waals surface area (Å²) in [6, 6.07) is 6.24. The number of esters is 2. The van der Waals surface area contributed by atoms with Crippen molar-refractivity contribution in [2.45, 2.75) is 71.6 Å². The van der Waals surface area contributed by atoms with Crippen LogP contribution in [0.4, 0.5) is 4.79 Å². The molecule has 0 unspecified atom stereocenters. The second kappa shape index (κ2) is 12.1. The summed E-state index contributed by atoms with van der Waals surface area (Å²) in [6.45, 7) is 14.0. The van der Waals surface area contributed by atoms with Crippen LogP contribution in [0.3, 0.4) is 0 Å². The van der Waals surface area contributed by atoms with E-state index in [0.717, 1.165) is 5.56 Å². The normalized spacial score (nSPS) is 12.3. The van der Waals surface area contributed by atoms with Crippen molar-refractivity contribution < 1.29 is 33.3 Å². The summed E-state index contributed by atoms with van der Waals surface area (Å²) in [6.07, 6.45) is 1.57. The van der Waals surface area contributed by atoms with E-state index in [1.165, 1.54) is 6.08 Å². The van der Waals surface area contributed by atoms with E-state index in [-0.39, 0.29) is 13.2 Å². The zero-order valence-corrected chi connectivity index (χ0v) is 19.9. The van der Waals surface area contributed by atoms with Gasteiger partial charge in [-0.2, -0.15) is 0 Å². The van der Waals surface area contributed by atoms with Crippen LogP contribution in [0, 0.1) is 0 Å². The van der Waals surface area contributed by atoms with Crippen LogP contribution in [-0.2, 0) is 30.2 Å². The second-order valence-corrected chi connectivity index (χ2v) is 9.18. The average Bonchev–Trinajstić information content (AvgIpc) is 2.65. The third-order valence-corrected chi connectivity index (χ3v) is 3.74. The van der Waals surface area contributed by atoms with E-state index >= 15 is 0 Å². The molecule has 0 saturated heterocycles. The molecular formula is C24H35NO7. The van der Waals surface area contributed by atoms with Crippen LogP contribution >= 0.6 is 0 Å². The molecule has 32 heavy (non-hydrogen) atoms. The Bertz CT molecular complexity index is 773. The minimum Gasteiger partial charge on any atom is -0.482 e. The van der Waals surface area contributed by atoms with Gasteiger partial charge >= 0.3 is 18.0 Å². The van der Waals surface area contributed by atoms with Crippen LogP contribution in [0.2, 0.25) is 0 Å². The Balaban J connectivity index is 2.66. The van der Waals surface area contributed by atoms with Crippen LogP contribution in [0.25, 0.3) is 0 Å². The summed E-state index contributed by atoms with van der Waals surface area (Å²) < 4.78 is 21.0. The Morgan fingerprint density at radius 2 is 1.59 bits per heavy atom. The minimum atomic E-state index is -0.868. The smallest absolute Gasteiger partial charge is 0.408 e. The van der Waals surface area contributed by atoms with Crippen LogP contribution in [0.1, 0.15) is 53.5 Å². The van der Waals surface area contributed by atoms with Gasteiger partial charge in [0.05, 0.1) is 0 Å². The molecule has 178 valence electrons. The first kappa shape index (κ1) is 27.0. The standard InChI is InChI=1S/C24H35NO7/c1-8-15-29-21(27)19(25-22(28)32-24(5,6)7)14-11-17-9-12-18(13-10-17)30-16-20(26)31-23(2,3)4/h8-10,12-13,19H,1,11,14-16H2,2-7H3,(H,25,28)/t19-/m0/s1. The number of nitrogens with one attached hydrogen (secondary N) is 1. The number of hydrogen-bond donors (Lipinski definition) is 1. The molecule has 1 N–H and O–H groups in total. The van der Waals surface area contributed by atoms with Gasteiger partial charge in [-0.25, -0.2) is 14.4 Å². The molecule has 0 spiro atoms. The van der Waals surface area contributed by atoms with E-state index in [4.69, 9.17) is 18.9 Å². The number of rotatable bonds is 10. The lowest BCUT2D eigenvalue weighted by molar-refractivity contribution is -0.157. The van der Waals surface area contributed by atoms with E-state index in [2.05, 4.69) is 11.9 Å². The number of carbonyl (C=O) groups is 3. The van der Waals surface area contributed by atoms with Crippen molar-refractivity contribution in [3.63, 3.8) is 0 Å². The summed E-state index contributed by atoms with van der Waals surface area (Å²) in [5.41, 5.74) is -0.336. The van der Waals surface area contributed by atoms with Gasteiger partial charge < -0.3 is 24.3 Å². The van der Waals surface area contributed by atoms with E-state index in [0.29, 0.717) is 18.6 Å². The Kier molecular flexibility index (Phi) is 10.2. The lowest BCUT2D eigenvalue weighted by Gasteiger charge is -2.23. The highest BCUT2D eigenvalue weighted by atomic mass is 16.6. The quantitative estimate of drug-likeness (QED) is 0.328. The second-order valence-electron chi connectivity index (χ2n) is 9.18. The maximum Gasteiger partial charge on any atom is 0.408 e. The largest absolute Gasteiger partial charge is 0.482 e. The van der Waals surface area contributed by atoms with Crippen molar-refractivity contribution in [3.8, 4) is 5.75 Å². The van der Waals surface area contributed by atoms with Crippen molar-refractivity contribution in [1.29, 1.82) is 0 Å². The number of ether oxygens (including phenoxy) is 4. The maximum atomic E-state index is 12.3. The number of benzene rings is 1. The molecular weight excluding hydrogens is 414 g/mol. The summed E-state index contributed by atoms with van der Waals surface area (Å²) in [5.74, 6) is -0.489. The molecule has 8 heteroatoms. The highest BCUT2D eigenvalue weighted by molar-refractivity contribution is 5.81. The van der Waals surface area contributed by atoms with E-state index in [1.54, 1.807) is 53.7 Å². The third kappa shape index (κ3) is 12.0. The van der Waals surface area contributed by atoms with Crippen molar-refractivity contribution >= 4 is 18.0 Å². The summed E-state index contributed by atoms with van der Waals surface area (Å²) >= 11 is 0. The van der Waals surface area contributed by atoms with Gasteiger partial charge in [0.15, 0.2) is 6.61 Å². The first-order valence-corrected chi connectivity index (χ1v) is 10.5. The fourth-order valence-electron chi connectivity index (χ4n) is 2.52. The molecule has 8 nitrogen and oxygen atoms in total. The van der Waals surface area contributed by atoms with E-state index in [1.807, 2.05) is 12.1 Å². The molecule has 1 rings (SSSR count). The molecule has 0 bridgehead atoms. The van der Waals surface area contributed by atoms with Gasteiger partial charge in [0.25, 0.3) is 0 Å². The first-order chi connectivity index (χ1) is 14.8. The fourth-order valence-corrected chi connectivity index (χ4v) is 2.52. The molecule has 0 radical (unpaired) electrons. The molecule has 0 aliphatic rings. The van der Waals surface area contributed by atoms with Crippen molar-refractivity contribution in [2.75, 3.05) is 13.2 Å². The Labute approximate surface area is 190 Å². The van der Waals surface area contributed by atoms with Gasteiger partial charge in [-0.3, -0.25) is 0 Å². The van der Waals surface area contributed by atoms with Gasteiger partial charge in [0, 0.05) is 0 Å². The average molecular weight is 450 g/mol. The van der Waals surface area contributed by atoms with Crippen molar-refractivity contribution in [3.05, 3.63) is 42.5 Å².